The number of alkyl halides is 1. The molecule has 2 N–H and O–H groups in total. The van der Waals surface area contributed by atoms with Gasteiger partial charge in [-0.2, -0.15) is 5.10 Å². The smallest absolute Gasteiger partial charge is 0.238 e. The SMILES string of the molecule is CC(Cl)C(=O)N[C@@H]1CCC(=O)N[C@H]1c1ccnn1C. The van der Waals surface area contributed by atoms with Crippen LogP contribution in [0, 0.1) is 0 Å². The molecule has 1 fully saturated rings. The number of halogens is 1. The van der Waals surface area contributed by atoms with Crippen LogP contribution in [0.15, 0.2) is 12.3 Å². The molecule has 7 heteroatoms. The molecule has 0 bridgehead atoms. The monoisotopic (exact) mass is 284 g/mol. The number of aromatic nitrogens is 2. The number of aryl methyl sites for hydroxylation is 1. The minimum absolute atomic E-state index is 0.0179. The van der Waals surface area contributed by atoms with Gasteiger partial charge in [-0.1, -0.05) is 0 Å². The fraction of sp³-hybridized carbons (Fsp3) is 0.583. The van der Waals surface area contributed by atoms with Crippen LogP contribution in [0.25, 0.3) is 0 Å². The third-order valence-corrected chi connectivity index (χ3v) is 3.47. The normalized spacial score (nSPS) is 24.7. The van der Waals surface area contributed by atoms with Gasteiger partial charge in [0.25, 0.3) is 0 Å². The molecule has 104 valence electrons. The molecular formula is C12H17ClN4O2. The van der Waals surface area contributed by atoms with Crippen LogP contribution in [-0.2, 0) is 16.6 Å². The summed E-state index contributed by atoms with van der Waals surface area (Å²) in [7, 11) is 1.80. The van der Waals surface area contributed by atoms with E-state index in [1.165, 1.54) is 0 Å². The first-order chi connectivity index (χ1) is 8.99. The average Bonchev–Trinajstić information content (AvgIpc) is 2.77. The van der Waals surface area contributed by atoms with Crippen molar-refractivity contribution in [3.05, 3.63) is 18.0 Å². The van der Waals surface area contributed by atoms with Crippen molar-refractivity contribution in [3.63, 3.8) is 0 Å². The second-order valence-electron chi connectivity index (χ2n) is 4.69. The maximum atomic E-state index is 11.7. The summed E-state index contributed by atoms with van der Waals surface area (Å²) in [4.78, 5) is 23.3. The number of piperidine rings is 1. The van der Waals surface area contributed by atoms with E-state index in [0.29, 0.717) is 12.8 Å². The van der Waals surface area contributed by atoms with Crippen molar-refractivity contribution in [2.75, 3.05) is 0 Å². The Morgan fingerprint density at radius 1 is 1.68 bits per heavy atom. The summed E-state index contributed by atoms with van der Waals surface area (Å²) < 4.78 is 1.69. The number of amides is 2. The van der Waals surface area contributed by atoms with Gasteiger partial charge in [-0.25, -0.2) is 0 Å². The third-order valence-electron chi connectivity index (χ3n) is 3.27. The standard InChI is InChI=1S/C12H17ClN4O2/c1-7(13)12(19)15-8-3-4-10(18)16-11(8)9-5-6-14-17(9)2/h5-8,11H,3-4H2,1-2H3,(H,15,19)(H,16,18)/t7?,8-,11-/m1/s1. The molecule has 2 amide bonds. The van der Waals surface area contributed by atoms with Gasteiger partial charge < -0.3 is 10.6 Å². The molecule has 0 aromatic carbocycles. The van der Waals surface area contributed by atoms with Crippen molar-refractivity contribution in [2.24, 2.45) is 7.05 Å². The van der Waals surface area contributed by atoms with Crippen molar-refractivity contribution in [2.45, 2.75) is 37.2 Å². The summed E-state index contributed by atoms with van der Waals surface area (Å²) in [6, 6.07) is 1.40. The van der Waals surface area contributed by atoms with Gasteiger partial charge in [-0.3, -0.25) is 14.3 Å². The molecule has 1 aliphatic heterocycles. The number of nitrogens with one attached hydrogen (secondary N) is 2. The minimum Gasteiger partial charge on any atom is -0.350 e. The molecule has 1 saturated heterocycles. The average molecular weight is 285 g/mol. The lowest BCUT2D eigenvalue weighted by Crippen LogP contribution is -2.51. The Balaban J connectivity index is 2.18. The lowest BCUT2D eigenvalue weighted by atomic mass is 9.95. The van der Waals surface area contributed by atoms with Gasteiger partial charge >= 0.3 is 0 Å². The molecule has 2 heterocycles. The van der Waals surface area contributed by atoms with Crippen LogP contribution in [-0.4, -0.2) is 33.0 Å². The number of nitrogens with zero attached hydrogens (tertiary/aromatic N) is 2. The summed E-state index contributed by atoms with van der Waals surface area (Å²) >= 11 is 5.76. The highest BCUT2D eigenvalue weighted by atomic mass is 35.5. The van der Waals surface area contributed by atoms with Crippen LogP contribution < -0.4 is 10.6 Å². The van der Waals surface area contributed by atoms with E-state index < -0.39 is 5.38 Å². The zero-order valence-corrected chi connectivity index (χ0v) is 11.6. The summed E-state index contributed by atoms with van der Waals surface area (Å²) in [5, 5.41) is 9.27. The lowest BCUT2D eigenvalue weighted by molar-refractivity contribution is -0.126. The molecule has 0 aliphatic carbocycles. The van der Waals surface area contributed by atoms with Crippen LogP contribution in [0.4, 0.5) is 0 Å². The highest BCUT2D eigenvalue weighted by molar-refractivity contribution is 6.30. The van der Waals surface area contributed by atoms with Gasteiger partial charge in [0.2, 0.25) is 11.8 Å². The fourth-order valence-electron chi connectivity index (χ4n) is 2.22. The van der Waals surface area contributed by atoms with E-state index in [4.69, 9.17) is 11.6 Å². The highest BCUT2D eigenvalue weighted by Crippen LogP contribution is 2.23. The van der Waals surface area contributed by atoms with E-state index in [-0.39, 0.29) is 23.9 Å². The molecule has 0 radical (unpaired) electrons. The molecule has 1 aromatic rings. The molecule has 2 rings (SSSR count). The quantitative estimate of drug-likeness (QED) is 0.793. The summed E-state index contributed by atoms with van der Waals surface area (Å²) in [5.41, 5.74) is 0.862. The van der Waals surface area contributed by atoms with Crippen LogP contribution in [0.3, 0.4) is 0 Å². The van der Waals surface area contributed by atoms with E-state index in [1.54, 1.807) is 24.9 Å². The van der Waals surface area contributed by atoms with Crippen molar-refractivity contribution < 1.29 is 9.59 Å². The Bertz CT molecular complexity index is 486. The Morgan fingerprint density at radius 2 is 2.42 bits per heavy atom. The molecule has 3 atom stereocenters. The Hall–Kier alpha value is -1.56. The van der Waals surface area contributed by atoms with Crippen molar-refractivity contribution >= 4 is 23.4 Å². The van der Waals surface area contributed by atoms with E-state index in [2.05, 4.69) is 15.7 Å². The maximum Gasteiger partial charge on any atom is 0.238 e. The van der Waals surface area contributed by atoms with Gasteiger partial charge in [-0.15, -0.1) is 11.6 Å². The predicted octanol–water partition coefficient (Wildman–Crippen LogP) is 0.483. The van der Waals surface area contributed by atoms with Crippen LogP contribution in [0.1, 0.15) is 31.5 Å². The first kappa shape index (κ1) is 13.9. The first-order valence-electron chi connectivity index (χ1n) is 6.20. The molecule has 1 aliphatic rings. The summed E-state index contributed by atoms with van der Waals surface area (Å²) in [6.45, 7) is 1.62. The second kappa shape index (κ2) is 5.61. The zero-order valence-electron chi connectivity index (χ0n) is 10.9. The Labute approximate surface area is 116 Å². The first-order valence-corrected chi connectivity index (χ1v) is 6.64. The zero-order chi connectivity index (χ0) is 14.0. The fourth-order valence-corrected chi connectivity index (χ4v) is 2.28. The van der Waals surface area contributed by atoms with E-state index in [0.717, 1.165) is 5.69 Å². The van der Waals surface area contributed by atoms with E-state index in [9.17, 15) is 9.59 Å². The van der Waals surface area contributed by atoms with Crippen LogP contribution >= 0.6 is 11.6 Å². The van der Waals surface area contributed by atoms with Crippen molar-refractivity contribution in [1.82, 2.24) is 20.4 Å². The molecule has 0 spiro atoms. The van der Waals surface area contributed by atoms with Crippen molar-refractivity contribution in [1.29, 1.82) is 0 Å². The highest BCUT2D eigenvalue weighted by Gasteiger charge is 2.33. The molecule has 6 nitrogen and oxygen atoms in total. The van der Waals surface area contributed by atoms with Crippen LogP contribution in [0.2, 0.25) is 0 Å². The number of carbonyl (C=O) groups is 2. The van der Waals surface area contributed by atoms with Gasteiger partial charge in [-0.05, 0) is 19.4 Å². The second-order valence-corrected chi connectivity index (χ2v) is 5.35. The molecule has 1 aromatic heterocycles. The largest absolute Gasteiger partial charge is 0.350 e. The van der Waals surface area contributed by atoms with E-state index in [1.807, 2.05) is 6.07 Å². The summed E-state index contributed by atoms with van der Waals surface area (Å²) in [6.07, 6.45) is 2.66. The van der Waals surface area contributed by atoms with Crippen molar-refractivity contribution in [3.8, 4) is 0 Å². The minimum atomic E-state index is -0.593. The lowest BCUT2D eigenvalue weighted by Gasteiger charge is -2.33. The summed E-state index contributed by atoms with van der Waals surface area (Å²) in [5.74, 6) is -0.245. The van der Waals surface area contributed by atoms with Gasteiger partial charge in [0.1, 0.15) is 5.38 Å². The van der Waals surface area contributed by atoms with Gasteiger partial charge in [0, 0.05) is 19.7 Å². The molecule has 19 heavy (non-hydrogen) atoms. The van der Waals surface area contributed by atoms with E-state index >= 15 is 0 Å². The number of hydrogen-bond donors (Lipinski definition) is 2. The number of rotatable bonds is 3. The molecule has 0 saturated carbocycles. The Kier molecular flexibility index (Phi) is 4.09. The number of hydrogen-bond acceptors (Lipinski definition) is 3. The number of carbonyl (C=O) groups excluding carboxylic acids is 2. The Morgan fingerprint density at radius 3 is 3.00 bits per heavy atom. The topological polar surface area (TPSA) is 76.0 Å². The van der Waals surface area contributed by atoms with Gasteiger partial charge in [0.05, 0.1) is 17.8 Å². The van der Waals surface area contributed by atoms with Crippen LogP contribution in [0.5, 0.6) is 0 Å². The molecular weight excluding hydrogens is 268 g/mol. The maximum absolute atomic E-state index is 11.7. The predicted molar refractivity (Wildman–Crippen MR) is 70.6 cm³/mol. The van der Waals surface area contributed by atoms with Gasteiger partial charge in [0.15, 0.2) is 0 Å². The molecule has 1 unspecified atom stereocenters. The third kappa shape index (κ3) is 3.07.